The van der Waals surface area contributed by atoms with Gasteiger partial charge in [-0.3, -0.25) is 4.90 Å². The Labute approximate surface area is 107 Å². The van der Waals surface area contributed by atoms with E-state index in [-0.39, 0.29) is 13.0 Å². The highest BCUT2D eigenvalue weighted by atomic mass is 16.6. The molecule has 0 aromatic rings. The molecule has 1 rings (SSSR count). The molecule has 6 nitrogen and oxygen atoms in total. The summed E-state index contributed by atoms with van der Waals surface area (Å²) < 4.78 is 5.20. The quantitative estimate of drug-likeness (QED) is 0.739. The van der Waals surface area contributed by atoms with E-state index >= 15 is 0 Å². The monoisotopic (exact) mass is 259 g/mol. The lowest BCUT2D eigenvalue weighted by molar-refractivity contribution is -0.155. The fourth-order valence-electron chi connectivity index (χ4n) is 2.01. The second kappa shape index (κ2) is 4.76. The van der Waals surface area contributed by atoms with Crippen LogP contribution in [0.3, 0.4) is 0 Å². The molecule has 1 amide bonds. The van der Waals surface area contributed by atoms with E-state index in [4.69, 9.17) is 4.74 Å². The molecule has 0 spiro atoms. The van der Waals surface area contributed by atoms with E-state index < -0.39 is 29.3 Å². The fourth-order valence-corrected chi connectivity index (χ4v) is 2.01. The molecule has 0 bridgehead atoms. The number of carboxylic acids is 1. The fraction of sp³-hybridized carbons (Fsp3) is 0.833. The van der Waals surface area contributed by atoms with Crippen LogP contribution in [-0.4, -0.2) is 51.0 Å². The summed E-state index contributed by atoms with van der Waals surface area (Å²) in [5, 5.41) is 18.9. The van der Waals surface area contributed by atoms with Crippen LogP contribution in [-0.2, 0) is 9.53 Å². The summed E-state index contributed by atoms with van der Waals surface area (Å²) >= 11 is 0. The Balaban J connectivity index is 2.91. The van der Waals surface area contributed by atoms with E-state index in [1.54, 1.807) is 20.8 Å². The molecule has 0 aromatic carbocycles. The number of carboxylic acid groups (broad SMARTS) is 1. The Hall–Kier alpha value is -1.30. The van der Waals surface area contributed by atoms with Crippen LogP contribution in [0.15, 0.2) is 0 Å². The van der Waals surface area contributed by atoms with Crippen LogP contribution < -0.4 is 0 Å². The minimum Gasteiger partial charge on any atom is -0.480 e. The second-order valence-electron chi connectivity index (χ2n) is 5.86. The van der Waals surface area contributed by atoms with Crippen molar-refractivity contribution in [1.29, 1.82) is 0 Å². The van der Waals surface area contributed by atoms with Crippen LogP contribution in [0.25, 0.3) is 0 Å². The number of rotatable bonds is 1. The first kappa shape index (κ1) is 14.8. The molecule has 1 fully saturated rings. The molecule has 18 heavy (non-hydrogen) atoms. The molecule has 0 unspecified atom stereocenters. The maximum Gasteiger partial charge on any atom is 0.411 e. The second-order valence-corrected chi connectivity index (χ2v) is 5.86. The predicted octanol–water partition coefficient (Wildman–Crippen LogP) is 1.22. The number of carbonyl (C=O) groups excluding carboxylic acids is 1. The molecule has 0 radical (unpaired) electrons. The van der Waals surface area contributed by atoms with Gasteiger partial charge in [0.05, 0.1) is 6.10 Å². The number of aliphatic hydroxyl groups is 1. The number of hydrogen-bond donors (Lipinski definition) is 2. The molecular weight excluding hydrogens is 238 g/mol. The number of amides is 1. The lowest BCUT2D eigenvalue weighted by atomic mass is 9.87. The van der Waals surface area contributed by atoms with E-state index in [0.717, 1.165) is 0 Å². The molecule has 1 heterocycles. The summed E-state index contributed by atoms with van der Waals surface area (Å²) in [5.74, 6) is -1.13. The van der Waals surface area contributed by atoms with Crippen molar-refractivity contribution in [2.75, 3.05) is 6.54 Å². The van der Waals surface area contributed by atoms with Gasteiger partial charge in [-0.05, 0) is 34.1 Å². The first-order valence-corrected chi connectivity index (χ1v) is 5.98. The molecule has 0 aliphatic carbocycles. The normalized spacial score (nSPS) is 28.9. The third kappa shape index (κ3) is 3.13. The van der Waals surface area contributed by atoms with E-state index in [9.17, 15) is 19.8 Å². The van der Waals surface area contributed by atoms with E-state index in [0.29, 0.717) is 6.42 Å². The Kier molecular flexibility index (Phi) is 3.90. The van der Waals surface area contributed by atoms with Crippen molar-refractivity contribution in [2.45, 2.75) is 57.8 Å². The average molecular weight is 259 g/mol. The molecule has 2 atom stereocenters. The molecule has 6 heteroatoms. The first-order chi connectivity index (χ1) is 8.06. The number of aliphatic hydroxyl groups excluding tert-OH is 1. The molecule has 0 aromatic heterocycles. The van der Waals surface area contributed by atoms with Crippen LogP contribution in [0.2, 0.25) is 0 Å². The molecule has 104 valence electrons. The minimum absolute atomic E-state index is 0.0155. The Morgan fingerprint density at radius 2 is 1.94 bits per heavy atom. The van der Waals surface area contributed by atoms with Crippen molar-refractivity contribution in [2.24, 2.45) is 0 Å². The van der Waals surface area contributed by atoms with Gasteiger partial charge in [0.25, 0.3) is 0 Å². The van der Waals surface area contributed by atoms with Crippen molar-refractivity contribution in [3.05, 3.63) is 0 Å². The number of hydrogen-bond acceptors (Lipinski definition) is 4. The van der Waals surface area contributed by atoms with Gasteiger partial charge in [0.2, 0.25) is 0 Å². The average Bonchev–Trinajstić information content (AvgIpc) is 2.13. The lowest BCUT2D eigenvalue weighted by Crippen LogP contribution is -2.60. The van der Waals surface area contributed by atoms with Gasteiger partial charge in [-0.25, -0.2) is 9.59 Å². The van der Waals surface area contributed by atoms with Crippen molar-refractivity contribution >= 4 is 12.1 Å². The van der Waals surface area contributed by atoms with Gasteiger partial charge in [-0.2, -0.15) is 0 Å². The van der Waals surface area contributed by atoms with Crippen molar-refractivity contribution < 1.29 is 24.5 Å². The maximum atomic E-state index is 12.0. The Morgan fingerprint density at radius 3 is 2.39 bits per heavy atom. The maximum absolute atomic E-state index is 12.0. The number of ether oxygens (including phenoxy) is 1. The van der Waals surface area contributed by atoms with Gasteiger partial charge in [0, 0.05) is 13.0 Å². The number of nitrogens with zero attached hydrogens (tertiary/aromatic N) is 1. The third-order valence-corrected chi connectivity index (χ3v) is 2.99. The molecule has 0 saturated carbocycles. The van der Waals surface area contributed by atoms with Gasteiger partial charge in [0.15, 0.2) is 0 Å². The molecule has 2 N–H and O–H groups in total. The summed E-state index contributed by atoms with van der Waals surface area (Å²) in [7, 11) is 0. The van der Waals surface area contributed by atoms with Crippen LogP contribution in [0, 0.1) is 0 Å². The van der Waals surface area contributed by atoms with Crippen LogP contribution >= 0.6 is 0 Å². The zero-order valence-electron chi connectivity index (χ0n) is 11.3. The number of aliphatic carboxylic acids is 1. The number of likely N-dealkylation sites (tertiary alicyclic amines) is 1. The minimum atomic E-state index is -1.42. The van der Waals surface area contributed by atoms with E-state index in [2.05, 4.69) is 0 Å². The summed E-state index contributed by atoms with van der Waals surface area (Å²) in [6, 6.07) is 0. The van der Waals surface area contributed by atoms with Crippen molar-refractivity contribution in [3.63, 3.8) is 0 Å². The topological polar surface area (TPSA) is 87.1 Å². The van der Waals surface area contributed by atoms with E-state index in [1.165, 1.54) is 11.8 Å². The number of piperidine rings is 1. The first-order valence-electron chi connectivity index (χ1n) is 5.98. The number of carbonyl (C=O) groups is 2. The molecule has 1 saturated heterocycles. The summed E-state index contributed by atoms with van der Waals surface area (Å²) in [5.41, 5.74) is -2.09. The molecule has 1 aliphatic rings. The Morgan fingerprint density at radius 1 is 1.39 bits per heavy atom. The Bertz CT molecular complexity index is 349. The van der Waals surface area contributed by atoms with Crippen molar-refractivity contribution in [1.82, 2.24) is 4.90 Å². The van der Waals surface area contributed by atoms with Gasteiger partial charge >= 0.3 is 12.1 Å². The van der Waals surface area contributed by atoms with Gasteiger partial charge in [0.1, 0.15) is 11.1 Å². The van der Waals surface area contributed by atoms with Crippen LogP contribution in [0.5, 0.6) is 0 Å². The third-order valence-electron chi connectivity index (χ3n) is 2.99. The summed E-state index contributed by atoms with van der Waals surface area (Å²) in [6.45, 7) is 6.78. The van der Waals surface area contributed by atoms with Gasteiger partial charge in [-0.15, -0.1) is 0 Å². The van der Waals surface area contributed by atoms with Gasteiger partial charge in [-0.1, -0.05) is 0 Å². The lowest BCUT2D eigenvalue weighted by Gasteiger charge is -2.43. The SMILES string of the molecule is CC(C)(C)OC(=O)N1CC[C@@H](O)C[C@@]1(C)C(=O)O. The molecular formula is C12H21NO5. The highest BCUT2D eigenvalue weighted by molar-refractivity contribution is 5.84. The van der Waals surface area contributed by atoms with Crippen molar-refractivity contribution in [3.8, 4) is 0 Å². The van der Waals surface area contributed by atoms with Crippen LogP contribution in [0.4, 0.5) is 4.79 Å². The molecule has 1 aliphatic heterocycles. The zero-order valence-corrected chi connectivity index (χ0v) is 11.3. The largest absolute Gasteiger partial charge is 0.480 e. The smallest absolute Gasteiger partial charge is 0.411 e. The van der Waals surface area contributed by atoms with Crippen LogP contribution in [0.1, 0.15) is 40.5 Å². The highest BCUT2D eigenvalue weighted by Gasteiger charge is 2.48. The summed E-state index contributed by atoms with van der Waals surface area (Å²) in [6.07, 6.45) is -0.979. The highest BCUT2D eigenvalue weighted by Crippen LogP contribution is 2.30. The summed E-state index contributed by atoms with van der Waals surface area (Å²) in [4.78, 5) is 24.5. The predicted molar refractivity (Wildman–Crippen MR) is 64.2 cm³/mol. The van der Waals surface area contributed by atoms with E-state index in [1.807, 2.05) is 0 Å². The standard InChI is InChI=1S/C12H21NO5/c1-11(2,3)18-10(17)13-6-5-8(14)7-12(13,4)9(15)16/h8,14H,5-7H2,1-4H3,(H,15,16)/t8-,12+/m1/s1. The zero-order chi connectivity index (χ0) is 14.1. The van der Waals surface area contributed by atoms with Gasteiger partial charge < -0.3 is 14.9 Å².